The maximum atomic E-state index is 11.5. The van der Waals surface area contributed by atoms with Crippen molar-refractivity contribution in [1.29, 1.82) is 0 Å². The van der Waals surface area contributed by atoms with Crippen molar-refractivity contribution in [1.82, 2.24) is 10.6 Å². The van der Waals surface area contributed by atoms with E-state index in [1.54, 1.807) is 0 Å². The standard InChI is InChI=1S/C14H21BrN2O/c1-3-11(2)17-14(18)8-9-16-10-12-6-4-5-7-13(12)15/h4-7,11,16H,3,8-10H2,1-2H3,(H,17,18)/t11-/m1/s1. The maximum absolute atomic E-state index is 11.5. The smallest absolute Gasteiger partial charge is 0.221 e. The molecule has 1 aromatic rings. The Morgan fingerprint density at radius 1 is 1.39 bits per heavy atom. The van der Waals surface area contributed by atoms with Crippen molar-refractivity contribution < 1.29 is 4.79 Å². The summed E-state index contributed by atoms with van der Waals surface area (Å²) >= 11 is 3.50. The van der Waals surface area contributed by atoms with Gasteiger partial charge >= 0.3 is 0 Å². The molecule has 1 aromatic carbocycles. The van der Waals surface area contributed by atoms with E-state index in [-0.39, 0.29) is 11.9 Å². The van der Waals surface area contributed by atoms with Crippen LogP contribution in [0.4, 0.5) is 0 Å². The van der Waals surface area contributed by atoms with Crippen molar-refractivity contribution >= 4 is 21.8 Å². The van der Waals surface area contributed by atoms with Crippen LogP contribution in [0.25, 0.3) is 0 Å². The van der Waals surface area contributed by atoms with E-state index in [4.69, 9.17) is 0 Å². The third-order valence-electron chi connectivity index (χ3n) is 2.82. The lowest BCUT2D eigenvalue weighted by Gasteiger charge is -2.11. The van der Waals surface area contributed by atoms with Crippen molar-refractivity contribution in [2.75, 3.05) is 6.54 Å². The van der Waals surface area contributed by atoms with Crippen molar-refractivity contribution in [2.24, 2.45) is 0 Å². The van der Waals surface area contributed by atoms with Crippen LogP contribution >= 0.6 is 15.9 Å². The second-order valence-corrected chi connectivity index (χ2v) is 5.25. The molecular formula is C14H21BrN2O. The molecule has 2 N–H and O–H groups in total. The molecule has 0 heterocycles. The minimum absolute atomic E-state index is 0.115. The van der Waals surface area contributed by atoms with E-state index in [0.717, 1.165) is 17.4 Å². The lowest BCUT2D eigenvalue weighted by molar-refractivity contribution is -0.121. The minimum atomic E-state index is 0.115. The zero-order chi connectivity index (χ0) is 13.4. The first kappa shape index (κ1) is 15.2. The number of nitrogens with one attached hydrogen (secondary N) is 2. The summed E-state index contributed by atoms with van der Waals surface area (Å²) < 4.78 is 1.10. The summed E-state index contributed by atoms with van der Waals surface area (Å²) in [6.07, 6.45) is 1.49. The lowest BCUT2D eigenvalue weighted by atomic mass is 10.2. The van der Waals surface area contributed by atoms with Crippen molar-refractivity contribution in [2.45, 2.75) is 39.3 Å². The predicted molar refractivity (Wildman–Crippen MR) is 78.4 cm³/mol. The molecule has 0 saturated carbocycles. The predicted octanol–water partition coefficient (Wildman–Crippen LogP) is 2.84. The first-order chi connectivity index (χ1) is 8.63. The number of rotatable bonds is 7. The van der Waals surface area contributed by atoms with Crippen LogP contribution in [0.1, 0.15) is 32.3 Å². The Bertz CT molecular complexity index is 382. The molecule has 0 fully saturated rings. The SMILES string of the molecule is CC[C@@H](C)NC(=O)CCNCc1ccccc1Br. The summed E-state index contributed by atoms with van der Waals surface area (Å²) in [5.41, 5.74) is 1.21. The molecule has 0 aromatic heterocycles. The van der Waals surface area contributed by atoms with Gasteiger partial charge in [0.2, 0.25) is 5.91 Å². The van der Waals surface area contributed by atoms with Gasteiger partial charge in [0.1, 0.15) is 0 Å². The fraction of sp³-hybridized carbons (Fsp3) is 0.500. The lowest BCUT2D eigenvalue weighted by Crippen LogP contribution is -2.33. The van der Waals surface area contributed by atoms with Crippen LogP contribution in [0.3, 0.4) is 0 Å². The van der Waals surface area contributed by atoms with Crippen LogP contribution in [0, 0.1) is 0 Å². The molecule has 0 unspecified atom stereocenters. The Balaban J connectivity index is 2.19. The highest BCUT2D eigenvalue weighted by atomic mass is 79.9. The molecular weight excluding hydrogens is 292 g/mol. The van der Waals surface area contributed by atoms with Gasteiger partial charge in [-0.2, -0.15) is 0 Å². The molecule has 18 heavy (non-hydrogen) atoms. The maximum Gasteiger partial charge on any atom is 0.221 e. The largest absolute Gasteiger partial charge is 0.354 e. The molecule has 4 heteroatoms. The number of amides is 1. The monoisotopic (exact) mass is 312 g/mol. The topological polar surface area (TPSA) is 41.1 Å². The number of carbonyl (C=O) groups is 1. The summed E-state index contributed by atoms with van der Waals surface area (Å²) in [6.45, 7) is 5.56. The Kier molecular flexibility index (Phi) is 6.98. The Morgan fingerprint density at radius 3 is 2.78 bits per heavy atom. The van der Waals surface area contributed by atoms with E-state index in [0.29, 0.717) is 13.0 Å². The summed E-state index contributed by atoms with van der Waals surface area (Å²) in [4.78, 5) is 11.5. The van der Waals surface area contributed by atoms with Gasteiger partial charge in [-0.05, 0) is 25.0 Å². The van der Waals surface area contributed by atoms with Crippen LogP contribution in [-0.2, 0) is 11.3 Å². The summed E-state index contributed by atoms with van der Waals surface area (Å²) in [7, 11) is 0. The molecule has 0 aliphatic heterocycles. The summed E-state index contributed by atoms with van der Waals surface area (Å²) in [6, 6.07) is 8.36. The molecule has 0 aliphatic rings. The van der Waals surface area contributed by atoms with E-state index in [9.17, 15) is 4.79 Å². The normalized spacial score (nSPS) is 12.2. The number of halogens is 1. The number of benzene rings is 1. The van der Waals surface area contributed by atoms with Gasteiger partial charge < -0.3 is 10.6 Å². The second-order valence-electron chi connectivity index (χ2n) is 4.39. The van der Waals surface area contributed by atoms with Gasteiger partial charge in [0.25, 0.3) is 0 Å². The first-order valence-electron chi connectivity index (χ1n) is 6.37. The van der Waals surface area contributed by atoms with Crippen LogP contribution < -0.4 is 10.6 Å². The Morgan fingerprint density at radius 2 is 2.11 bits per heavy atom. The van der Waals surface area contributed by atoms with Gasteiger partial charge in [-0.15, -0.1) is 0 Å². The third-order valence-corrected chi connectivity index (χ3v) is 3.60. The first-order valence-corrected chi connectivity index (χ1v) is 7.16. The van der Waals surface area contributed by atoms with Gasteiger partial charge in [-0.3, -0.25) is 4.79 Å². The molecule has 1 atom stereocenters. The van der Waals surface area contributed by atoms with E-state index < -0.39 is 0 Å². The van der Waals surface area contributed by atoms with Crippen LogP contribution in [0.15, 0.2) is 28.7 Å². The highest BCUT2D eigenvalue weighted by Crippen LogP contribution is 2.15. The highest BCUT2D eigenvalue weighted by Gasteiger charge is 2.04. The molecule has 3 nitrogen and oxygen atoms in total. The zero-order valence-electron chi connectivity index (χ0n) is 11.0. The van der Waals surface area contributed by atoms with E-state index in [2.05, 4.69) is 39.6 Å². The van der Waals surface area contributed by atoms with Crippen LogP contribution in [-0.4, -0.2) is 18.5 Å². The number of hydrogen-bond acceptors (Lipinski definition) is 2. The molecule has 0 saturated heterocycles. The van der Waals surface area contributed by atoms with Gasteiger partial charge in [-0.25, -0.2) is 0 Å². The van der Waals surface area contributed by atoms with Gasteiger partial charge in [0, 0.05) is 30.0 Å². The molecule has 1 amide bonds. The minimum Gasteiger partial charge on any atom is -0.354 e. The fourth-order valence-corrected chi connectivity index (χ4v) is 1.94. The van der Waals surface area contributed by atoms with Crippen LogP contribution in [0.5, 0.6) is 0 Å². The molecule has 0 radical (unpaired) electrons. The van der Waals surface area contributed by atoms with Crippen LogP contribution in [0.2, 0.25) is 0 Å². The van der Waals surface area contributed by atoms with E-state index in [1.165, 1.54) is 5.56 Å². The highest BCUT2D eigenvalue weighted by molar-refractivity contribution is 9.10. The second kappa shape index (κ2) is 8.27. The average molecular weight is 313 g/mol. The summed E-state index contributed by atoms with van der Waals surface area (Å²) in [5.74, 6) is 0.115. The average Bonchev–Trinajstić information content (AvgIpc) is 2.36. The fourth-order valence-electron chi connectivity index (χ4n) is 1.52. The number of hydrogen-bond donors (Lipinski definition) is 2. The Hall–Kier alpha value is -0.870. The van der Waals surface area contributed by atoms with E-state index >= 15 is 0 Å². The number of carbonyl (C=O) groups excluding carboxylic acids is 1. The van der Waals surface area contributed by atoms with E-state index in [1.807, 2.05) is 25.1 Å². The van der Waals surface area contributed by atoms with Crippen molar-refractivity contribution in [3.8, 4) is 0 Å². The molecule has 0 aliphatic carbocycles. The van der Waals surface area contributed by atoms with Crippen molar-refractivity contribution in [3.63, 3.8) is 0 Å². The van der Waals surface area contributed by atoms with Gasteiger partial charge in [-0.1, -0.05) is 41.1 Å². The third kappa shape index (κ3) is 5.65. The van der Waals surface area contributed by atoms with Gasteiger partial charge in [0.15, 0.2) is 0 Å². The molecule has 1 rings (SSSR count). The zero-order valence-corrected chi connectivity index (χ0v) is 12.6. The Labute approximate surface area is 117 Å². The molecule has 0 spiro atoms. The summed E-state index contributed by atoms with van der Waals surface area (Å²) in [5, 5.41) is 6.23. The molecule has 0 bridgehead atoms. The van der Waals surface area contributed by atoms with Crippen molar-refractivity contribution in [3.05, 3.63) is 34.3 Å². The van der Waals surface area contributed by atoms with Gasteiger partial charge in [0.05, 0.1) is 0 Å². The molecule has 100 valence electrons. The quantitative estimate of drug-likeness (QED) is 0.760.